The third-order valence-corrected chi connectivity index (χ3v) is 4.76. The lowest BCUT2D eigenvalue weighted by atomic mass is 10.1. The van der Waals surface area contributed by atoms with E-state index in [0.717, 1.165) is 17.8 Å². The number of ketones is 1. The second-order valence-corrected chi connectivity index (χ2v) is 6.75. The van der Waals surface area contributed by atoms with Crippen molar-refractivity contribution in [1.29, 1.82) is 0 Å². The first-order valence-electron chi connectivity index (χ1n) is 7.70. The molecule has 0 fully saturated rings. The zero-order valence-electron chi connectivity index (χ0n) is 14.0. The van der Waals surface area contributed by atoms with E-state index in [-0.39, 0.29) is 11.3 Å². The van der Waals surface area contributed by atoms with Gasteiger partial charge in [0.2, 0.25) is 0 Å². The largest absolute Gasteiger partial charge is 0.497 e. The molecular weight excluding hydrogens is 360 g/mol. The van der Waals surface area contributed by atoms with Crippen LogP contribution < -0.4 is 4.74 Å². The highest BCUT2D eigenvalue weighted by Gasteiger charge is 2.21. The smallest absolute Gasteiger partial charge is 0.196 e. The summed E-state index contributed by atoms with van der Waals surface area (Å²) in [6.07, 6.45) is 1.53. The Kier molecular flexibility index (Phi) is 5.32. The first-order valence-corrected chi connectivity index (χ1v) is 8.58. The lowest BCUT2D eigenvalue weighted by Crippen LogP contribution is -2.15. The van der Waals surface area contributed by atoms with Gasteiger partial charge in [-0.05, 0) is 37.3 Å². The molecule has 3 aromatic rings. The molecule has 0 aliphatic heterocycles. The van der Waals surface area contributed by atoms with Crippen molar-refractivity contribution in [3.63, 3.8) is 0 Å². The minimum absolute atomic E-state index is 0.108. The van der Waals surface area contributed by atoms with E-state index in [9.17, 15) is 13.6 Å². The van der Waals surface area contributed by atoms with Crippen LogP contribution in [0, 0.1) is 11.6 Å². The molecule has 1 aromatic heterocycles. The maximum Gasteiger partial charge on any atom is 0.196 e. The van der Waals surface area contributed by atoms with E-state index in [1.54, 1.807) is 18.6 Å². The predicted octanol–water partition coefficient (Wildman–Crippen LogP) is 3.92. The fraction of sp³-hybridized carbons (Fsp3) is 0.167. The van der Waals surface area contributed by atoms with Gasteiger partial charge in [0.15, 0.2) is 22.6 Å². The van der Waals surface area contributed by atoms with Gasteiger partial charge >= 0.3 is 0 Å². The number of methoxy groups -OCH3 is 1. The van der Waals surface area contributed by atoms with Crippen LogP contribution in [0.2, 0.25) is 0 Å². The Hall–Kier alpha value is -2.74. The molecule has 0 unspecified atom stereocenters. The summed E-state index contributed by atoms with van der Waals surface area (Å²) in [7, 11) is 1.57. The van der Waals surface area contributed by atoms with Crippen LogP contribution in [0.5, 0.6) is 5.75 Å². The molecular formula is C18H15F2N3O2S. The van der Waals surface area contributed by atoms with Gasteiger partial charge in [0.1, 0.15) is 12.1 Å². The van der Waals surface area contributed by atoms with E-state index in [4.69, 9.17) is 4.74 Å². The van der Waals surface area contributed by atoms with Crippen molar-refractivity contribution >= 4 is 17.5 Å². The number of hydrogen-bond donors (Lipinski definition) is 0. The summed E-state index contributed by atoms with van der Waals surface area (Å²) in [4.78, 5) is 12.5. The number of carbonyl (C=O) groups is 1. The topological polar surface area (TPSA) is 57.0 Å². The molecule has 0 amide bonds. The van der Waals surface area contributed by atoms with Crippen molar-refractivity contribution in [1.82, 2.24) is 14.8 Å². The molecule has 1 heterocycles. The standard InChI is InChI=1S/C18H15F2N3O2S/c1-11(17(24)12-6-7-15(19)16(20)8-12)26-18-22-21-10-23(18)13-4-3-5-14(9-13)25-2/h3-11H,1-2H3/t11-/m1/s1. The number of thioether (sulfide) groups is 1. The summed E-state index contributed by atoms with van der Waals surface area (Å²) >= 11 is 1.18. The first kappa shape index (κ1) is 18.1. The third kappa shape index (κ3) is 3.75. The molecule has 8 heteroatoms. The molecule has 5 nitrogen and oxygen atoms in total. The lowest BCUT2D eigenvalue weighted by Gasteiger charge is -2.12. The number of ether oxygens (including phenoxy) is 1. The van der Waals surface area contributed by atoms with Gasteiger partial charge in [-0.3, -0.25) is 9.36 Å². The third-order valence-electron chi connectivity index (χ3n) is 3.70. The number of halogens is 2. The van der Waals surface area contributed by atoms with Crippen LogP contribution in [0.3, 0.4) is 0 Å². The van der Waals surface area contributed by atoms with Gasteiger partial charge in [0.05, 0.1) is 18.0 Å². The molecule has 0 N–H and O–H groups in total. The van der Waals surface area contributed by atoms with Crippen molar-refractivity contribution < 1.29 is 18.3 Å². The summed E-state index contributed by atoms with van der Waals surface area (Å²) in [5.74, 6) is -1.68. The molecule has 0 saturated heterocycles. The molecule has 0 spiro atoms. The molecule has 0 aliphatic rings. The molecule has 0 saturated carbocycles. The van der Waals surface area contributed by atoms with E-state index in [1.807, 2.05) is 24.3 Å². The lowest BCUT2D eigenvalue weighted by molar-refractivity contribution is 0.0993. The van der Waals surface area contributed by atoms with Crippen LogP contribution in [0.25, 0.3) is 5.69 Å². The maximum absolute atomic E-state index is 13.4. The Morgan fingerprint density at radius 1 is 1.19 bits per heavy atom. The van der Waals surface area contributed by atoms with Gasteiger partial charge in [0.25, 0.3) is 0 Å². The maximum atomic E-state index is 13.4. The van der Waals surface area contributed by atoms with Crippen molar-refractivity contribution in [3.05, 3.63) is 66.0 Å². The summed E-state index contributed by atoms with van der Waals surface area (Å²) in [6, 6.07) is 10.4. The van der Waals surface area contributed by atoms with Crippen LogP contribution in [0.4, 0.5) is 8.78 Å². The van der Waals surface area contributed by atoms with E-state index < -0.39 is 16.9 Å². The molecule has 3 rings (SSSR count). The van der Waals surface area contributed by atoms with E-state index >= 15 is 0 Å². The van der Waals surface area contributed by atoms with Gasteiger partial charge < -0.3 is 4.74 Å². The van der Waals surface area contributed by atoms with E-state index in [2.05, 4.69) is 10.2 Å². The summed E-state index contributed by atoms with van der Waals surface area (Å²) in [6.45, 7) is 1.68. The normalized spacial score (nSPS) is 12.0. The molecule has 1 atom stereocenters. The minimum Gasteiger partial charge on any atom is -0.497 e. The van der Waals surface area contributed by atoms with E-state index in [0.29, 0.717) is 10.9 Å². The number of benzene rings is 2. The number of Topliss-reactive ketones (excluding diaryl/α,β-unsaturated/α-hetero) is 1. The zero-order valence-corrected chi connectivity index (χ0v) is 14.8. The predicted molar refractivity (Wildman–Crippen MR) is 93.9 cm³/mol. The SMILES string of the molecule is COc1cccc(-n2cnnc2S[C@H](C)C(=O)c2ccc(F)c(F)c2)c1. The van der Waals surface area contributed by atoms with Gasteiger partial charge in [0, 0.05) is 11.6 Å². The zero-order chi connectivity index (χ0) is 18.7. The Morgan fingerprint density at radius 2 is 2.00 bits per heavy atom. The van der Waals surface area contributed by atoms with Crippen LogP contribution in [-0.4, -0.2) is 32.9 Å². The van der Waals surface area contributed by atoms with Crippen LogP contribution in [0.1, 0.15) is 17.3 Å². The molecule has 0 aliphatic carbocycles. The van der Waals surface area contributed by atoms with Gasteiger partial charge in [-0.1, -0.05) is 17.8 Å². The van der Waals surface area contributed by atoms with Crippen LogP contribution in [-0.2, 0) is 0 Å². The molecule has 0 radical (unpaired) electrons. The molecule has 0 bridgehead atoms. The highest BCUT2D eigenvalue weighted by Crippen LogP contribution is 2.27. The molecule has 26 heavy (non-hydrogen) atoms. The Balaban J connectivity index is 1.82. The van der Waals surface area contributed by atoms with Crippen molar-refractivity contribution in [2.45, 2.75) is 17.3 Å². The van der Waals surface area contributed by atoms with Crippen LogP contribution in [0.15, 0.2) is 53.9 Å². The Bertz CT molecular complexity index is 946. The second kappa shape index (κ2) is 7.65. The van der Waals surface area contributed by atoms with Crippen molar-refractivity contribution in [3.8, 4) is 11.4 Å². The monoisotopic (exact) mass is 375 g/mol. The van der Waals surface area contributed by atoms with Crippen molar-refractivity contribution in [2.75, 3.05) is 7.11 Å². The average Bonchev–Trinajstić information content (AvgIpc) is 3.11. The Morgan fingerprint density at radius 3 is 2.73 bits per heavy atom. The summed E-state index contributed by atoms with van der Waals surface area (Å²) in [5, 5.41) is 7.88. The number of nitrogens with zero attached hydrogens (tertiary/aromatic N) is 3. The minimum atomic E-state index is -1.05. The fourth-order valence-corrected chi connectivity index (χ4v) is 3.26. The highest BCUT2D eigenvalue weighted by atomic mass is 32.2. The van der Waals surface area contributed by atoms with Gasteiger partial charge in [-0.25, -0.2) is 8.78 Å². The summed E-state index contributed by atoms with van der Waals surface area (Å²) < 4.78 is 33.3. The number of hydrogen-bond acceptors (Lipinski definition) is 5. The quantitative estimate of drug-likeness (QED) is 0.483. The second-order valence-electron chi connectivity index (χ2n) is 5.44. The number of carbonyl (C=O) groups excluding carboxylic acids is 1. The van der Waals surface area contributed by atoms with E-state index in [1.165, 1.54) is 24.2 Å². The number of rotatable bonds is 6. The first-order chi connectivity index (χ1) is 12.5. The average molecular weight is 375 g/mol. The summed E-state index contributed by atoms with van der Waals surface area (Å²) in [5.41, 5.74) is 0.890. The van der Waals surface area contributed by atoms with Crippen molar-refractivity contribution in [2.24, 2.45) is 0 Å². The molecule has 2 aromatic carbocycles. The van der Waals surface area contributed by atoms with Crippen LogP contribution >= 0.6 is 11.8 Å². The fourth-order valence-electron chi connectivity index (χ4n) is 2.34. The molecule has 134 valence electrons. The number of aromatic nitrogens is 3. The van der Waals surface area contributed by atoms with Gasteiger partial charge in [-0.2, -0.15) is 0 Å². The Labute approximate surface area is 153 Å². The highest BCUT2D eigenvalue weighted by molar-refractivity contribution is 8.00. The van der Waals surface area contributed by atoms with Gasteiger partial charge in [-0.15, -0.1) is 10.2 Å².